The molecule has 0 aromatic rings. The Bertz CT molecular complexity index is 15.7. The molecule has 0 rings (SSSR count). The Morgan fingerprint density at radius 1 is 1.00 bits per heavy atom. The zero-order valence-corrected chi connectivity index (χ0v) is 8.38. The first-order valence-electron chi connectivity index (χ1n) is 0. The summed E-state index contributed by atoms with van der Waals surface area (Å²) in [6, 6.07) is 0. The molecule has 0 bridgehead atoms. The van der Waals surface area contributed by atoms with Crippen LogP contribution in [-0.4, -0.2) is 83.8 Å². The number of rotatable bonds is 0. The summed E-state index contributed by atoms with van der Waals surface area (Å²) in [6.45, 7) is 0. The molecule has 4 heavy (non-hydrogen) atoms. The van der Waals surface area contributed by atoms with E-state index in [-0.39, 0.29) is 105 Å². The van der Waals surface area contributed by atoms with Crippen molar-refractivity contribution < 1.29 is 8.56 Å². The first-order chi connectivity index (χ1) is 0. The zero-order valence-electron chi connectivity index (χ0n) is 8.53. The molecule has 0 aromatic heterocycles. The predicted octanol–water partition coefficient (Wildman–Crippen LogP) is -0.0456. The van der Waals surface area contributed by atoms with E-state index in [2.05, 4.69) is 0 Å². The molecule has 0 amide bonds. The van der Waals surface area contributed by atoms with E-state index in [1.54, 1.807) is 0 Å². The van der Waals surface area contributed by atoms with E-state index in [1.165, 1.54) is 0 Å². The molecule has 20 valence electrons. The summed E-state index contributed by atoms with van der Waals surface area (Å²) in [4.78, 5) is 0. The van der Waals surface area contributed by atoms with Crippen LogP contribution >= 0.6 is 12.4 Å². The van der Waals surface area contributed by atoms with E-state index in [1.807, 2.05) is 0 Å². The van der Waals surface area contributed by atoms with Crippen molar-refractivity contribution in [1.82, 2.24) is 0 Å². The quantitative estimate of drug-likeness (QED) is 0.404. The van der Waals surface area contributed by atoms with Gasteiger partial charge >= 0.3 is 83.8 Å². The average molecular weight is 131 g/mol. The second kappa shape index (κ2) is 16.5. The minimum atomic E-state index is 0. The van der Waals surface area contributed by atoms with E-state index in [9.17, 15) is 0 Å². The molecule has 0 unspecified atom stereocenters. The van der Waals surface area contributed by atoms with Crippen molar-refractivity contribution in [1.29, 1.82) is 0 Å². The van der Waals surface area contributed by atoms with Gasteiger partial charge in [0.2, 0.25) is 0 Å². The topological polar surface area (TPSA) is 0 Å². The van der Waals surface area contributed by atoms with Crippen LogP contribution in [0.1, 0.15) is 8.56 Å². The van der Waals surface area contributed by atoms with Crippen molar-refractivity contribution in [2.45, 2.75) is 0 Å². The Labute approximate surface area is 103 Å². The summed E-state index contributed by atoms with van der Waals surface area (Å²) in [6.07, 6.45) is 0. The molecule has 0 saturated heterocycles. The summed E-state index contributed by atoms with van der Waals surface area (Å²) in [5, 5.41) is 0. The smallest absolute Gasteiger partial charge is 1.00 e. The first-order valence-corrected chi connectivity index (χ1v) is 0. The van der Waals surface area contributed by atoms with Crippen LogP contribution in [0, 0.1) is 0 Å². The predicted molar refractivity (Wildman–Crippen MR) is 31.2 cm³/mol. The number of halogens is 1. The molecule has 0 fully saturated rings. The van der Waals surface area contributed by atoms with Gasteiger partial charge in [-0.3, -0.25) is 0 Å². The maximum absolute atomic E-state index is 0. The van der Waals surface area contributed by atoms with Crippen molar-refractivity contribution in [3.05, 3.63) is 0 Å². The van der Waals surface area contributed by atoms with Crippen LogP contribution in [-0.2, 0) is 0 Å². The molecule has 0 aliphatic rings. The first kappa shape index (κ1) is 27.6. The molecule has 4 heteroatoms. The van der Waals surface area contributed by atoms with E-state index in [0.29, 0.717) is 0 Å². The van der Waals surface area contributed by atoms with Crippen molar-refractivity contribution in [2.24, 2.45) is 0 Å². The van der Waals surface area contributed by atoms with Crippen LogP contribution in [0.15, 0.2) is 0 Å². The largest absolute Gasteiger partial charge is 2.00 e. The van der Waals surface area contributed by atoms with Crippen LogP contribution < -0.4 is 0 Å². The van der Waals surface area contributed by atoms with E-state index in [4.69, 9.17) is 0 Å². The molecule has 0 aliphatic carbocycles. The Kier molecular flexibility index (Phi) is 114. The van der Waals surface area contributed by atoms with Gasteiger partial charge in [-0.15, -0.1) is 12.4 Å². The fourth-order valence-electron chi connectivity index (χ4n) is 0. The zero-order chi connectivity index (χ0) is 0. The fourth-order valence-corrected chi connectivity index (χ4v) is 0. The summed E-state index contributed by atoms with van der Waals surface area (Å²) >= 11 is 0. The molecule has 0 spiro atoms. The molecular formula is H7CaClMg2. The van der Waals surface area contributed by atoms with Gasteiger partial charge in [0.05, 0.1) is 0 Å². The van der Waals surface area contributed by atoms with Crippen molar-refractivity contribution in [3.63, 3.8) is 0 Å². The van der Waals surface area contributed by atoms with Gasteiger partial charge in [-0.05, 0) is 0 Å². The van der Waals surface area contributed by atoms with Crippen LogP contribution in [0.3, 0.4) is 0 Å². The Morgan fingerprint density at radius 2 is 1.00 bits per heavy atom. The number of hydrogen-bond acceptors (Lipinski definition) is 0. The molecular weight excluding hydrogens is 124 g/mol. The van der Waals surface area contributed by atoms with Gasteiger partial charge in [0.15, 0.2) is 0 Å². The van der Waals surface area contributed by atoms with Gasteiger partial charge in [0.25, 0.3) is 0 Å². The molecule has 0 aliphatic heterocycles. The summed E-state index contributed by atoms with van der Waals surface area (Å²) in [5.41, 5.74) is 0. The van der Waals surface area contributed by atoms with Gasteiger partial charge in [-0.25, -0.2) is 0 Å². The SMILES string of the molecule is Cl.[Ca+2].[H-].[H-].[H-].[H-].[H-].[H-].[Mg+2].[Mg+2]. The fraction of sp³-hybridized carbons (Fsp3) is 0. The third-order valence-corrected chi connectivity index (χ3v) is 0. The van der Waals surface area contributed by atoms with Crippen LogP contribution in [0.4, 0.5) is 0 Å². The summed E-state index contributed by atoms with van der Waals surface area (Å²) in [7, 11) is 0. The normalized spacial score (nSPS) is 0. The maximum atomic E-state index is 0. The molecule has 0 atom stereocenters. The molecule has 0 saturated carbocycles. The summed E-state index contributed by atoms with van der Waals surface area (Å²) < 4.78 is 0. The number of hydrogen-bond donors (Lipinski definition) is 0. The van der Waals surface area contributed by atoms with E-state index in [0.717, 1.165) is 0 Å². The van der Waals surface area contributed by atoms with E-state index >= 15 is 0 Å². The third kappa shape index (κ3) is 8.91. The molecule has 0 radical (unpaired) electrons. The Morgan fingerprint density at radius 3 is 1.00 bits per heavy atom. The van der Waals surface area contributed by atoms with Crippen LogP contribution in [0.2, 0.25) is 0 Å². The van der Waals surface area contributed by atoms with Gasteiger partial charge in [0, 0.05) is 0 Å². The molecule has 0 heterocycles. The molecule has 0 aromatic carbocycles. The van der Waals surface area contributed by atoms with Gasteiger partial charge in [-0.1, -0.05) is 0 Å². The monoisotopic (exact) mass is 130 g/mol. The van der Waals surface area contributed by atoms with Crippen molar-refractivity contribution >= 4 is 96.3 Å². The van der Waals surface area contributed by atoms with Gasteiger partial charge in [-0.2, -0.15) is 0 Å². The standard InChI is InChI=1S/Ca.ClH.2Mg.6H/h;1H;;;;;;;;/q+2;;2*+2;6*-1. The van der Waals surface area contributed by atoms with E-state index < -0.39 is 0 Å². The average Bonchev–Trinajstić information content (AvgIpc) is 0. The van der Waals surface area contributed by atoms with Crippen molar-refractivity contribution in [3.8, 4) is 0 Å². The minimum Gasteiger partial charge on any atom is -1.00 e. The second-order valence-electron chi connectivity index (χ2n) is 0. The Balaban J connectivity index is 0. The van der Waals surface area contributed by atoms with Gasteiger partial charge in [0.1, 0.15) is 0 Å². The maximum Gasteiger partial charge on any atom is 2.00 e. The van der Waals surface area contributed by atoms with Gasteiger partial charge < -0.3 is 8.56 Å². The minimum absolute atomic E-state index is 0. The second-order valence-corrected chi connectivity index (χ2v) is 0. The molecule has 0 N–H and O–H groups in total. The molecule has 0 nitrogen and oxygen atoms in total. The summed E-state index contributed by atoms with van der Waals surface area (Å²) in [5.74, 6) is 0. The van der Waals surface area contributed by atoms with Crippen LogP contribution in [0.5, 0.6) is 0 Å². The third-order valence-electron chi connectivity index (χ3n) is 0. The van der Waals surface area contributed by atoms with Crippen LogP contribution in [0.25, 0.3) is 0 Å². The Hall–Kier alpha value is 3.08. The van der Waals surface area contributed by atoms with Crippen molar-refractivity contribution in [2.75, 3.05) is 0 Å².